The highest BCUT2D eigenvalue weighted by atomic mass is 35.5. The number of benzene rings is 1. The van der Waals surface area contributed by atoms with Gasteiger partial charge in [-0.15, -0.1) is 0 Å². The molecule has 2 aromatic rings. The Labute approximate surface area is 115 Å². The molecule has 100 valence electrons. The normalized spacial score (nSPS) is 22.8. The molecule has 2 atom stereocenters. The largest absolute Gasteiger partial charge is 0.380 e. The maximum Gasteiger partial charge on any atom is 0.244 e. The van der Waals surface area contributed by atoms with Gasteiger partial charge >= 0.3 is 0 Å². The second-order valence-electron chi connectivity index (χ2n) is 4.52. The molecular formula is C13H14ClN3O2. The minimum atomic E-state index is 0.0605. The Morgan fingerprint density at radius 3 is 3.11 bits per heavy atom. The zero-order valence-corrected chi connectivity index (χ0v) is 11.2. The number of aromatic nitrogens is 2. The van der Waals surface area contributed by atoms with E-state index >= 15 is 0 Å². The number of nitrogens with one attached hydrogen (secondary N) is 1. The highest BCUT2D eigenvalue weighted by molar-refractivity contribution is 6.30. The molecule has 0 radical (unpaired) electrons. The fourth-order valence-electron chi connectivity index (χ4n) is 2.19. The van der Waals surface area contributed by atoms with Crippen molar-refractivity contribution >= 4 is 11.6 Å². The van der Waals surface area contributed by atoms with Crippen molar-refractivity contribution in [2.24, 2.45) is 0 Å². The maximum atomic E-state index is 5.95. The van der Waals surface area contributed by atoms with Gasteiger partial charge in [-0.1, -0.05) is 28.9 Å². The van der Waals surface area contributed by atoms with Crippen LogP contribution in [0.4, 0.5) is 0 Å². The van der Waals surface area contributed by atoms with Crippen molar-refractivity contribution < 1.29 is 9.26 Å². The Kier molecular flexibility index (Phi) is 3.50. The van der Waals surface area contributed by atoms with Crippen molar-refractivity contribution in [3.8, 4) is 11.4 Å². The fraction of sp³-hybridized carbons (Fsp3) is 0.385. The van der Waals surface area contributed by atoms with Crippen molar-refractivity contribution in [2.45, 2.75) is 18.6 Å². The SMILES string of the molecule is CO[C@@H]1CN[C@@H](c2nc(-c3cccc(Cl)c3)no2)C1. The Morgan fingerprint density at radius 2 is 2.37 bits per heavy atom. The van der Waals surface area contributed by atoms with E-state index in [9.17, 15) is 0 Å². The molecule has 1 aromatic heterocycles. The summed E-state index contributed by atoms with van der Waals surface area (Å²) in [7, 11) is 1.71. The summed E-state index contributed by atoms with van der Waals surface area (Å²) in [5.74, 6) is 1.15. The molecule has 0 saturated carbocycles. The molecule has 0 bridgehead atoms. The van der Waals surface area contributed by atoms with Crippen molar-refractivity contribution in [3.63, 3.8) is 0 Å². The third-order valence-electron chi connectivity index (χ3n) is 3.25. The van der Waals surface area contributed by atoms with Gasteiger partial charge in [-0.2, -0.15) is 4.98 Å². The molecule has 5 nitrogen and oxygen atoms in total. The van der Waals surface area contributed by atoms with Crippen molar-refractivity contribution in [2.75, 3.05) is 13.7 Å². The molecule has 1 aliphatic heterocycles. The predicted octanol–water partition coefficient (Wildman–Crippen LogP) is 2.44. The Bertz CT molecular complexity index is 573. The van der Waals surface area contributed by atoms with Crippen molar-refractivity contribution in [1.82, 2.24) is 15.5 Å². The summed E-state index contributed by atoms with van der Waals surface area (Å²) in [5.41, 5.74) is 0.851. The van der Waals surface area contributed by atoms with Gasteiger partial charge in [-0.05, 0) is 18.6 Å². The van der Waals surface area contributed by atoms with E-state index in [1.165, 1.54) is 0 Å². The van der Waals surface area contributed by atoms with E-state index in [-0.39, 0.29) is 12.1 Å². The molecule has 1 N–H and O–H groups in total. The number of hydrogen-bond donors (Lipinski definition) is 1. The zero-order valence-electron chi connectivity index (χ0n) is 10.5. The van der Waals surface area contributed by atoms with Crippen LogP contribution in [0.25, 0.3) is 11.4 Å². The standard InChI is InChI=1S/C13H14ClN3O2/c1-18-10-6-11(15-7-10)13-16-12(17-19-13)8-3-2-4-9(14)5-8/h2-5,10-11,15H,6-7H2,1H3/t10-,11+/m0/s1. The molecule has 2 heterocycles. The van der Waals surface area contributed by atoms with Crippen LogP contribution in [0, 0.1) is 0 Å². The average molecular weight is 280 g/mol. The zero-order chi connectivity index (χ0) is 13.2. The van der Waals surface area contributed by atoms with E-state index in [0.29, 0.717) is 16.7 Å². The molecule has 1 aliphatic rings. The van der Waals surface area contributed by atoms with E-state index in [4.69, 9.17) is 20.9 Å². The average Bonchev–Trinajstić information content (AvgIpc) is 3.07. The quantitative estimate of drug-likeness (QED) is 0.935. The number of methoxy groups -OCH3 is 1. The first-order valence-electron chi connectivity index (χ1n) is 6.12. The van der Waals surface area contributed by atoms with Gasteiger partial charge in [0.15, 0.2) is 0 Å². The molecule has 1 saturated heterocycles. The molecule has 0 spiro atoms. The maximum absolute atomic E-state index is 5.95. The van der Waals surface area contributed by atoms with E-state index in [0.717, 1.165) is 18.5 Å². The van der Waals surface area contributed by atoms with Crippen LogP contribution in [0.15, 0.2) is 28.8 Å². The molecule has 0 aliphatic carbocycles. The monoisotopic (exact) mass is 279 g/mol. The van der Waals surface area contributed by atoms with Gasteiger partial charge in [0.05, 0.1) is 12.1 Å². The summed E-state index contributed by atoms with van der Waals surface area (Å²) in [6.07, 6.45) is 1.04. The van der Waals surface area contributed by atoms with Crippen LogP contribution >= 0.6 is 11.6 Å². The van der Waals surface area contributed by atoms with E-state index in [2.05, 4.69) is 15.5 Å². The van der Waals surface area contributed by atoms with E-state index < -0.39 is 0 Å². The van der Waals surface area contributed by atoms with E-state index in [1.807, 2.05) is 24.3 Å². The Morgan fingerprint density at radius 1 is 1.47 bits per heavy atom. The lowest BCUT2D eigenvalue weighted by Crippen LogP contribution is -2.16. The third kappa shape index (κ3) is 2.63. The smallest absolute Gasteiger partial charge is 0.244 e. The number of nitrogens with zero attached hydrogens (tertiary/aromatic N) is 2. The van der Waals surface area contributed by atoms with Crippen LogP contribution in [0.5, 0.6) is 0 Å². The fourth-order valence-corrected chi connectivity index (χ4v) is 2.38. The van der Waals surface area contributed by atoms with Crippen LogP contribution < -0.4 is 5.32 Å². The first kappa shape index (κ1) is 12.6. The highest BCUT2D eigenvalue weighted by Gasteiger charge is 2.29. The van der Waals surface area contributed by atoms with Gasteiger partial charge in [0, 0.05) is 24.2 Å². The van der Waals surface area contributed by atoms with Crippen LogP contribution in [0.1, 0.15) is 18.4 Å². The van der Waals surface area contributed by atoms with Crippen LogP contribution in [0.2, 0.25) is 5.02 Å². The molecule has 6 heteroatoms. The summed E-state index contributed by atoms with van der Waals surface area (Å²) in [6, 6.07) is 7.46. The lowest BCUT2D eigenvalue weighted by Gasteiger charge is -2.04. The molecule has 3 rings (SSSR count). The highest BCUT2D eigenvalue weighted by Crippen LogP contribution is 2.26. The summed E-state index contributed by atoms with van der Waals surface area (Å²) in [5, 5.41) is 7.96. The second kappa shape index (κ2) is 5.28. The van der Waals surface area contributed by atoms with Crippen LogP contribution in [0.3, 0.4) is 0 Å². The van der Waals surface area contributed by atoms with E-state index in [1.54, 1.807) is 7.11 Å². The first-order valence-corrected chi connectivity index (χ1v) is 6.50. The van der Waals surface area contributed by atoms with Crippen molar-refractivity contribution in [1.29, 1.82) is 0 Å². The summed E-state index contributed by atoms with van der Waals surface area (Å²) in [6.45, 7) is 0.802. The van der Waals surface area contributed by atoms with Gasteiger partial charge in [-0.3, -0.25) is 0 Å². The molecule has 0 amide bonds. The van der Waals surface area contributed by atoms with Gasteiger partial charge in [0.2, 0.25) is 11.7 Å². The molecule has 1 fully saturated rings. The molecule has 1 aromatic carbocycles. The van der Waals surface area contributed by atoms with Crippen LogP contribution in [-0.2, 0) is 4.74 Å². The second-order valence-corrected chi connectivity index (χ2v) is 4.96. The number of rotatable bonds is 3. The minimum Gasteiger partial charge on any atom is -0.380 e. The van der Waals surface area contributed by atoms with Gasteiger partial charge in [0.1, 0.15) is 0 Å². The lowest BCUT2D eigenvalue weighted by molar-refractivity contribution is 0.116. The van der Waals surface area contributed by atoms with Gasteiger partial charge < -0.3 is 14.6 Å². The van der Waals surface area contributed by atoms with Gasteiger partial charge in [0.25, 0.3) is 0 Å². The van der Waals surface area contributed by atoms with Crippen molar-refractivity contribution in [3.05, 3.63) is 35.2 Å². The van der Waals surface area contributed by atoms with Gasteiger partial charge in [-0.25, -0.2) is 0 Å². The lowest BCUT2D eigenvalue weighted by atomic mass is 10.2. The Balaban J connectivity index is 1.80. The summed E-state index contributed by atoms with van der Waals surface area (Å²) >= 11 is 5.95. The summed E-state index contributed by atoms with van der Waals surface area (Å²) in [4.78, 5) is 4.42. The number of ether oxygens (including phenoxy) is 1. The summed E-state index contributed by atoms with van der Waals surface area (Å²) < 4.78 is 10.6. The van der Waals surface area contributed by atoms with Crippen LogP contribution in [-0.4, -0.2) is 29.9 Å². The molecule has 19 heavy (non-hydrogen) atoms. The topological polar surface area (TPSA) is 60.2 Å². The number of hydrogen-bond acceptors (Lipinski definition) is 5. The minimum absolute atomic E-state index is 0.0605. The number of halogens is 1. The molecule has 0 unspecified atom stereocenters. The Hall–Kier alpha value is -1.43. The first-order chi connectivity index (χ1) is 9.26. The third-order valence-corrected chi connectivity index (χ3v) is 3.48. The molecular weight excluding hydrogens is 266 g/mol. The predicted molar refractivity (Wildman–Crippen MR) is 70.9 cm³/mol.